The van der Waals surface area contributed by atoms with E-state index in [1.165, 1.54) is 28.4 Å². The normalized spacial score (nSPS) is 10.4. The van der Waals surface area contributed by atoms with Crippen LogP contribution in [0.15, 0.2) is 22.2 Å². The summed E-state index contributed by atoms with van der Waals surface area (Å²) in [7, 11) is 0. The average molecular weight is 344 g/mol. The van der Waals surface area contributed by atoms with Gasteiger partial charge in [-0.1, -0.05) is 0 Å². The van der Waals surface area contributed by atoms with E-state index >= 15 is 0 Å². The summed E-state index contributed by atoms with van der Waals surface area (Å²) in [5.41, 5.74) is 1.46. The maximum atomic E-state index is 11.9. The van der Waals surface area contributed by atoms with Gasteiger partial charge in [-0.15, -0.1) is 11.3 Å². The number of amides is 1. The maximum Gasteiger partial charge on any atom is 0.325 e. The topological polar surface area (TPSA) is 84.2 Å². The molecule has 0 aliphatic rings. The van der Waals surface area contributed by atoms with Crippen LogP contribution >= 0.6 is 27.3 Å². The van der Waals surface area contributed by atoms with Gasteiger partial charge in [0.15, 0.2) is 0 Å². The predicted octanol–water partition coefficient (Wildman–Crippen LogP) is 2.35. The first-order chi connectivity index (χ1) is 8.95. The van der Waals surface area contributed by atoms with Crippen LogP contribution in [0, 0.1) is 6.92 Å². The number of thiophene rings is 1. The molecule has 2 N–H and O–H groups in total. The van der Waals surface area contributed by atoms with Gasteiger partial charge in [-0.2, -0.15) is 5.10 Å². The van der Waals surface area contributed by atoms with Crippen LogP contribution in [-0.4, -0.2) is 26.8 Å². The largest absolute Gasteiger partial charge is 0.480 e. The molecule has 0 atom stereocenters. The van der Waals surface area contributed by atoms with Crippen LogP contribution in [0.1, 0.15) is 15.2 Å². The van der Waals surface area contributed by atoms with E-state index in [1.54, 1.807) is 6.07 Å². The first kappa shape index (κ1) is 13.8. The molecule has 2 rings (SSSR count). The Bertz CT molecular complexity index is 615. The van der Waals surface area contributed by atoms with Gasteiger partial charge in [0.05, 0.1) is 20.5 Å². The lowest BCUT2D eigenvalue weighted by Gasteiger charge is -1.98. The number of halogens is 1. The number of aryl methyl sites for hydroxylation is 1. The molecule has 8 heteroatoms. The van der Waals surface area contributed by atoms with Crippen molar-refractivity contribution in [2.24, 2.45) is 0 Å². The Kier molecular flexibility index (Phi) is 4.01. The Morgan fingerprint density at radius 1 is 1.58 bits per heavy atom. The van der Waals surface area contributed by atoms with E-state index in [2.05, 4.69) is 26.3 Å². The maximum absolute atomic E-state index is 11.9. The van der Waals surface area contributed by atoms with Crippen molar-refractivity contribution < 1.29 is 14.7 Å². The Balaban J connectivity index is 2.06. The average Bonchev–Trinajstić information content (AvgIpc) is 2.86. The molecule has 0 unspecified atom stereocenters. The molecule has 6 nitrogen and oxygen atoms in total. The van der Waals surface area contributed by atoms with E-state index in [1.807, 2.05) is 6.92 Å². The minimum absolute atomic E-state index is 0.237. The van der Waals surface area contributed by atoms with Crippen LogP contribution < -0.4 is 5.32 Å². The summed E-state index contributed by atoms with van der Waals surface area (Å²) in [6.45, 7) is 1.67. The zero-order chi connectivity index (χ0) is 14.0. The van der Waals surface area contributed by atoms with Crippen molar-refractivity contribution in [1.29, 1.82) is 0 Å². The fraction of sp³-hybridized carbons (Fsp3) is 0.182. The van der Waals surface area contributed by atoms with E-state index in [0.29, 0.717) is 10.6 Å². The van der Waals surface area contributed by atoms with Crippen molar-refractivity contribution in [1.82, 2.24) is 9.78 Å². The van der Waals surface area contributed by atoms with Crippen LogP contribution in [0.2, 0.25) is 0 Å². The Morgan fingerprint density at radius 3 is 2.89 bits per heavy atom. The Labute approximate surface area is 121 Å². The van der Waals surface area contributed by atoms with Crippen molar-refractivity contribution in [3.63, 3.8) is 0 Å². The van der Waals surface area contributed by atoms with Gasteiger partial charge in [0, 0.05) is 6.20 Å². The lowest BCUT2D eigenvalue weighted by Crippen LogP contribution is -2.10. The number of carboxylic acids is 1. The lowest BCUT2D eigenvalue weighted by molar-refractivity contribution is -0.137. The molecule has 0 saturated carbocycles. The van der Waals surface area contributed by atoms with Gasteiger partial charge in [0.1, 0.15) is 6.54 Å². The summed E-state index contributed by atoms with van der Waals surface area (Å²) in [5.74, 6) is -1.23. The molecule has 0 bridgehead atoms. The number of aromatic nitrogens is 2. The highest BCUT2D eigenvalue weighted by molar-refractivity contribution is 9.11. The summed E-state index contributed by atoms with van der Waals surface area (Å²) in [4.78, 5) is 23.0. The Hall–Kier alpha value is -1.67. The molecule has 2 aromatic heterocycles. The quantitative estimate of drug-likeness (QED) is 0.892. The van der Waals surface area contributed by atoms with E-state index in [0.717, 1.165) is 9.35 Å². The van der Waals surface area contributed by atoms with Crippen molar-refractivity contribution in [2.75, 3.05) is 5.32 Å². The van der Waals surface area contributed by atoms with Crippen molar-refractivity contribution in [3.05, 3.63) is 32.7 Å². The second-order valence-corrected chi connectivity index (χ2v) is 6.21. The monoisotopic (exact) mass is 343 g/mol. The summed E-state index contributed by atoms with van der Waals surface area (Å²) >= 11 is 4.70. The summed E-state index contributed by atoms with van der Waals surface area (Å²) in [5, 5.41) is 15.1. The molecule has 0 saturated heterocycles. The van der Waals surface area contributed by atoms with Crippen LogP contribution in [0.5, 0.6) is 0 Å². The van der Waals surface area contributed by atoms with Crippen LogP contribution in [0.25, 0.3) is 0 Å². The van der Waals surface area contributed by atoms with Crippen LogP contribution in [0.4, 0.5) is 5.69 Å². The fourth-order valence-electron chi connectivity index (χ4n) is 1.42. The minimum atomic E-state index is -0.987. The molecule has 0 radical (unpaired) electrons. The van der Waals surface area contributed by atoms with E-state index in [4.69, 9.17) is 5.11 Å². The summed E-state index contributed by atoms with van der Waals surface area (Å²) < 4.78 is 2.16. The number of rotatable bonds is 4. The summed E-state index contributed by atoms with van der Waals surface area (Å²) in [6.07, 6.45) is 2.89. The standard InChI is InChI=1S/C11H10BrN3O3S/c1-6-2-8(19-10(6)12)11(18)14-7-3-13-15(4-7)5-9(16)17/h2-4H,5H2,1H3,(H,14,18)(H,16,17). The molecule has 0 aliphatic heterocycles. The molecular weight excluding hydrogens is 334 g/mol. The fourth-order valence-corrected chi connectivity index (χ4v) is 2.85. The zero-order valence-electron chi connectivity index (χ0n) is 9.88. The Morgan fingerprint density at radius 2 is 2.32 bits per heavy atom. The van der Waals surface area contributed by atoms with Gasteiger partial charge < -0.3 is 10.4 Å². The number of carboxylic acid groups (broad SMARTS) is 1. The summed E-state index contributed by atoms with van der Waals surface area (Å²) in [6, 6.07) is 1.78. The minimum Gasteiger partial charge on any atom is -0.480 e. The molecule has 0 aromatic carbocycles. The smallest absolute Gasteiger partial charge is 0.325 e. The van der Waals surface area contributed by atoms with E-state index < -0.39 is 5.97 Å². The highest BCUT2D eigenvalue weighted by atomic mass is 79.9. The van der Waals surface area contributed by atoms with E-state index in [-0.39, 0.29) is 12.5 Å². The van der Waals surface area contributed by atoms with Gasteiger partial charge in [-0.05, 0) is 34.5 Å². The number of carbonyl (C=O) groups excluding carboxylic acids is 1. The number of hydrogen-bond acceptors (Lipinski definition) is 4. The molecule has 19 heavy (non-hydrogen) atoms. The third-order valence-corrected chi connectivity index (χ3v) is 4.40. The molecule has 1 amide bonds. The zero-order valence-corrected chi connectivity index (χ0v) is 12.3. The number of nitrogens with one attached hydrogen (secondary N) is 1. The van der Waals surface area contributed by atoms with Crippen LogP contribution in [0.3, 0.4) is 0 Å². The molecule has 0 fully saturated rings. The number of hydrogen-bond donors (Lipinski definition) is 2. The van der Waals surface area contributed by atoms with Crippen molar-refractivity contribution >= 4 is 44.8 Å². The van der Waals surface area contributed by atoms with Gasteiger partial charge in [-0.3, -0.25) is 14.3 Å². The molecule has 100 valence electrons. The van der Waals surface area contributed by atoms with Gasteiger partial charge in [0.25, 0.3) is 5.91 Å². The second-order valence-electron chi connectivity index (χ2n) is 3.84. The first-order valence-electron chi connectivity index (χ1n) is 5.27. The predicted molar refractivity (Wildman–Crippen MR) is 74.6 cm³/mol. The lowest BCUT2D eigenvalue weighted by atomic mass is 10.3. The highest BCUT2D eigenvalue weighted by Crippen LogP contribution is 2.27. The first-order valence-corrected chi connectivity index (χ1v) is 6.88. The molecule has 0 aliphatic carbocycles. The second kappa shape index (κ2) is 5.54. The van der Waals surface area contributed by atoms with E-state index in [9.17, 15) is 9.59 Å². The number of nitrogens with zero attached hydrogens (tertiary/aromatic N) is 2. The van der Waals surface area contributed by atoms with Gasteiger partial charge in [-0.25, -0.2) is 0 Å². The molecule has 2 heterocycles. The number of anilines is 1. The van der Waals surface area contributed by atoms with Crippen LogP contribution in [-0.2, 0) is 11.3 Å². The highest BCUT2D eigenvalue weighted by Gasteiger charge is 2.12. The van der Waals surface area contributed by atoms with Gasteiger partial charge >= 0.3 is 5.97 Å². The number of carbonyl (C=O) groups is 2. The number of aliphatic carboxylic acids is 1. The molecule has 2 aromatic rings. The van der Waals surface area contributed by atoms with Gasteiger partial charge in [0.2, 0.25) is 0 Å². The third-order valence-electron chi connectivity index (χ3n) is 2.27. The molecule has 0 spiro atoms. The van der Waals surface area contributed by atoms with Crippen molar-refractivity contribution in [3.8, 4) is 0 Å². The third kappa shape index (κ3) is 3.42. The SMILES string of the molecule is Cc1cc(C(=O)Nc2cnn(CC(=O)O)c2)sc1Br. The van der Waals surface area contributed by atoms with Crippen molar-refractivity contribution in [2.45, 2.75) is 13.5 Å². The molecular formula is C11H10BrN3O3S.